The minimum absolute atomic E-state index is 0.137. The summed E-state index contributed by atoms with van der Waals surface area (Å²) in [7, 11) is 0. The molecule has 0 aliphatic heterocycles. The molecule has 1 heterocycles. The summed E-state index contributed by atoms with van der Waals surface area (Å²) in [5, 5.41) is 13.0. The fourth-order valence-electron chi connectivity index (χ4n) is 2.19. The largest absolute Gasteiger partial charge is 0.508 e. The number of para-hydroxylation sites is 1. The Morgan fingerprint density at radius 1 is 1.05 bits per heavy atom. The summed E-state index contributed by atoms with van der Waals surface area (Å²) in [4.78, 5) is 16.6. The van der Waals surface area contributed by atoms with Crippen LogP contribution in [0.5, 0.6) is 5.75 Å². The van der Waals surface area contributed by atoms with Crippen LogP contribution in [0.25, 0.3) is 10.9 Å². The molecular formula is C17H14N2O2. The number of phenolic OH excluding ortho intramolecular Hbond substituents is 1. The summed E-state index contributed by atoms with van der Waals surface area (Å²) < 4.78 is 0. The van der Waals surface area contributed by atoms with Crippen LogP contribution in [0.4, 0.5) is 0 Å². The van der Waals surface area contributed by atoms with Gasteiger partial charge in [-0.05, 0) is 29.8 Å². The molecule has 0 bridgehead atoms. The molecule has 4 nitrogen and oxygen atoms in total. The van der Waals surface area contributed by atoms with Gasteiger partial charge in [0, 0.05) is 18.1 Å². The minimum Gasteiger partial charge on any atom is -0.508 e. The molecule has 104 valence electrons. The molecule has 3 aromatic rings. The maximum absolute atomic E-state index is 12.3. The zero-order valence-corrected chi connectivity index (χ0v) is 11.3. The number of hydrogen-bond acceptors (Lipinski definition) is 3. The summed E-state index contributed by atoms with van der Waals surface area (Å²) in [5.74, 6) is 0.0758. The van der Waals surface area contributed by atoms with Crippen molar-refractivity contribution in [3.8, 4) is 5.75 Å². The average Bonchev–Trinajstić information content (AvgIpc) is 2.53. The number of hydrogen-bond donors (Lipinski definition) is 2. The first-order valence-corrected chi connectivity index (χ1v) is 6.64. The van der Waals surface area contributed by atoms with Crippen molar-refractivity contribution in [3.05, 3.63) is 71.9 Å². The van der Waals surface area contributed by atoms with Crippen LogP contribution in [0.1, 0.15) is 15.9 Å². The fourth-order valence-corrected chi connectivity index (χ4v) is 2.19. The molecule has 0 radical (unpaired) electrons. The van der Waals surface area contributed by atoms with Gasteiger partial charge in [-0.2, -0.15) is 0 Å². The van der Waals surface area contributed by atoms with E-state index in [9.17, 15) is 9.90 Å². The molecule has 2 N–H and O–H groups in total. The Bertz CT molecular complexity index is 777. The number of amides is 1. The third-order valence-corrected chi connectivity index (χ3v) is 3.28. The Balaban J connectivity index is 1.79. The first kappa shape index (κ1) is 13.1. The van der Waals surface area contributed by atoms with Crippen LogP contribution in [0.2, 0.25) is 0 Å². The molecular weight excluding hydrogens is 264 g/mol. The topological polar surface area (TPSA) is 62.2 Å². The lowest BCUT2D eigenvalue weighted by molar-refractivity contribution is 0.0952. The van der Waals surface area contributed by atoms with E-state index in [1.807, 2.05) is 24.3 Å². The van der Waals surface area contributed by atoms with Gasteiger partial charge in [0.25, 0.3) is 5.91 Å². The Morgan fingerprint density at radius 2 is 1.81 bits per heavy atom. The van der Waals surface area contributed by atoms with E-state index >= 15 is 0 Å². The second kappa shape index (κ2) is 5.63. The monoisotopic (exact) mass is 278 g/mol. The van der Waals surface area contributed by atoms with E-state index in [0.29, 0.717) is 12.1 Å². The zero-order valence-electron chi connectivity index (χ0n) is 11.3. The van der Waals surface area contributed by atoms with Crippen LogP contribution in [-0.2, 0) is 6.54 Å². The van der Waals surface area contributed by atoms with Gasteiger partial charge >= 0.3 is 0 Å². The summed E-state index contributed by atoms with van der Waals surface area (Å²) in [5.41, 5.74) is 2.34. The molecule has 1 aromatic heterocycles. The molecule has 0 saturated carbocycles. The quantitative estimate of drug-likeness (QED) is 0.774. The first-order chi connectivity index (χ1) is 10.2. The molecule has 0 spiro atoms. The lowest BCUT2D eigenvalue weighted by Gasteiger charge is -2.08. The van der Waals surface area contributed by atoms with Crippen molar-refractivity contribution < 1.29 is 9.90 Å². The number of phenols is 1. The molecule has 3 rings (SSSR count). The molecule has 0 fully saturated rings. The van der Waals surface area contributed by atoms with E-state index in [1.165, 1.54) is 0 Å². The van der Waals surface area contributed by atoms with Crippen LogP contribution in [0, 0.1) is 0 Å². The van der Waals surface area contributed by atoms with E-state index in [-0.39, 0.29) is 11.7 Å². The molecule has 4 heteroatoms. The van der Waals surface area contributed by atoms with Crippen LogP contribution in [0.3, 0.4) is 0 Å². The summed E-state index contributed by atoms with van der Waals surface area (Å²) in [6.07, 6.45) is 1.64. The highest BCUT2D eigenvalue weighted by molar-refractivity contribution is 6.05. The van der Waals surface area contributed by atoms with Crippen molar-refractivity contribution in [1.82, 2.24) is 10.3 Å². The van der Waals surface area contributed by atoms with Crippen molar-refractivity contribution in [2.75, 3.05) is 0 Å². The van der Waals surface area contributed by atoms with E-state index in [0.717, 1.165) is 16.5 Å². The minimum atomic E-state index is -0.137. The highest BCUT2D eigenvalue weighted by Gasteiger charge is 2.09. The summed E-state index contributed by atoms with van der Waals surface area (Å²) in [6.45, 7) is 0.412. The van der Waals surface area contributed by atoms with Crippen LogP contribution < -0.4 is 5.32 Å². The average molecular weight is 278 g/mol. The lowest BCUT2D eigenvalue weighted by atomic mass is 10.1. The third-order valence-electron chi connectivity index (χ3n) is 3.28. The van der Waals surface area contributed by atoms with Gasteiger partial charge in [-0.3, -0.25) is 9.78 Å². The van der Waals surface area contributed by atoms with Crippen molar-refractivity contribution in [1.29, 1.82) is 0 Å². The Hall–Kier alpha value is -2.88. The number of benzene rings is 2. The number of nitrogens with zero attached hydrogens (tertiary/aromatic N) is 1. The van der Waals surface area contributed by atoms with E-state index < -0.39 is 0 Å². The number of carbonyl (C=O) groups excluding carboxylic acids is 1. The number of nitrogens with one attached hydrogen (secondary N) is 1. The van der Waals surface area contributed by atoms with Crippen molar-refractivity contribution in [2.24, 2.45) is 0 Å². The van der Waals surface area contributed by atoms with E-state index in [1.54, 1.807) is 36.5 Å². The fraction of sp³-hybridized carbons (Fsp3) is 0.0588. The Kier molecular flexibility index (Phi) is 3.51. The molecule has 21 heavy (non-hydrogen) atoms. The number of rotatable bonds is 3. The summed E-state index contributed by atoms with van der Waals surface area (Å²) in [6, 6.07) is 16.0. The first-order valence-electron chi connectivity index (χ1n) is 6.64. The molecule has 0 saturated heterocycles. The maximum Gasteiger partial charge on any atom is 0.252 e. The summed E-state index contributed by atoms with van der Waals surface area (Å²) >= 11 is 0. The predicted octanol–water partition coefficient (Wildman–Crippen LogP) is 2.87. The number of pyridine rings is 1. The van der Waals surface area contributed by atoms with Crippen molar-refractivity contribution >= 4 is 16.8 Å². The van der Waals surface area contributed by atoms with Gasteiger partial charge in [0.1, 0.15) is 5.75 Å². The molecule has 0 atom stereocenters. The normalized spacial score (nSPS) is 10.5. The number of fused-ring (bicyclic) bond motifs is 1. The van der Waals surface area contributed by atoms with Crippen LogP contribution >= 0.6 is 0 Å². The van der Waals surface area contributed by atoms with Crippen molar-refractivity contribution in [3.63, 3.8) is 0 Å². The third kappa shape index (κ3) is 2.84. The van der Waals surface area contributed by atoms with Gasteiger partial charge in [0.15, 0.2) is 0 Å². The molecule has 2 aromatic carbocycles. The van der Waals surface area contributed by atoms with Gasteiger partial charge in [-0.25, -0.2) is 0 Å². The maximum atomic E-state index is 12.3. The number of carbonyl (C=O) groups is 1. The second-order valence-electron chi connectivity index (χ2n) is 4.72. The van der Waals surface area contributed by atoms with Gasteiger partial charge in [0.05, 0.1) is 11.1 Å². The standard InChI is InChI=1S/C17H14N2O2/c20-13-7-5-12(6-8-13)11-19-17(21)15-9-10-18-16-4-2-1-3-14(15)16/h1-10,20H,11H2,(H,19,21). The van der Waals surface area contributed by atoms with Gasteiger partial charge in [0.2, 0.25) is 0 Å². The Labute approximate surface area is 122 Å². The van der Waals surface area contributed by atoms with Crippen molar-refractivity contribution in [2.45, 2.75) is 6.54 Å². The second-order valence-corrected chi connectivity index (χ2v) is 4.72. The molecule has 0 aliphatic carbocycles. The molecule has 0 aliphatic rings. The lowest BCUT2D eigenvalue weighted by Crippen LogP contribution is -2.23. The van der Waals surface area contributed by atoms with Crippen LogP contribution in [-0.4, -0.2) is 16.0 Å². The van der Waals surface area contributed by atoms with E-state index in [2.05, 4.69) is 10.3 Å². The zero-order chi connectivity index (χ0) is 14.7. The van der Waals surface area contributed by atoms with Crippen LogP contribution in [0.15, 0.2) is 60.8 Å². The smallest absolute Gasteiger partial charge is 0.252 e. The van der Waals surface area contributed by atoms with Gasteiger partial charge in [-0.1, -0.05) is 30.3 Å². The van der Waals surface area contributed by atoms with Gasteiger partial charge < -0.3 is 10.4 Å². The molecule has 1 amide bonds. The van der Waals surface area contributed by atoms with E-state index in [4.69, 9.17) is 0 Å². The van der Waals surface area contributed by atoms with Gasteiger partial charge in [-0.15, -0.1) is 0 Å². The number of aromatic hydroxyl groups is 1. The highest BCUT2D eigenvalue weighted by Crippen LogP contribution is 2.16. The highest BCUT2D eigenvalue weighted by atomic mass is 16.3. The predicted molar refractivity (Wildman–Crippen MR) is 81.0 cm³/mol. The molecule has 0 unspecified atom stereocenters. The SMILES string of the molecule is O=C(NCc1ccc(O)cc1)c1ccnc2ccccc12. The Morgan fingerprint density at radius 3 is 2.62 bits per heavy atom. The number of aromatic nitrogens is 1.